The van der Waals surface area contributed by atoms with Gasteiger partial charge in [-0.05, 0) is 35.4 Å². The van der Waals surface area contributed by atoms with Gasteiger partial charge in [0, 0.05) is 11.4 Å². The third kappa shape index (κ3) is 3.44. The summed E-state index contributed by atoms with van der Waals surface area (Å²) in [5.41, 5.74) is 11.9. The van der Waals surface area contributed by atoms with Crippen LogP contribution in [0.25, 0.3) is 0 Å². The Morgan fingerprint density at radius 2 is 0.957 bits per heavy atom. The molecule has 4 N–H and O–H groups in total. The Balaban J connectivity index is 2.93. The zero-order valence-corrected chi connectivity index (χ0v) is 16.1. The van der Waals surface area contributed by atoms with E-state index in [9.17, 15) is 0 Å². The number of halogens is 6. The second kappa shape index (κ2) is 6.59. The summed E-state index contributed by atoms with van der Waals surface area (Å²) >= 11 is 37.9. The molecule has 0 unspecified atom stereocenters. The first-order chi connectivity index (χ1) is 10.5. The fraction of sp³-hybridized carbons (Fsp3) is 0.200. The smallest absolute Gasteiger partial charge is 0.208 e. The number of hydrogen-bond donors (Lipinski definition) is 2. The molecule has 2 nitrogen and oxygen atoms in total. The fourth-order valence-electron chi connectivity index (χ4n) is 2.53. The van der Waals surface area contributed by atoms with E-state index in [2.05, 4.69) is 0 Å². The summed E-state index contributed by atoms with van der Waals surface area (Å²) in [6, 6.07) is 13.3. The molecule has 0 aromatic heterocycles. The molecule has 0 saturated carbocycles. The van der Waals surface area contributed by atoms with Crippen molar-refractivity contribution in [2.24, 2.45) is 0 Å². The van der Waals surface area contributed by atoms with Gasteiger partial charge in [0.15, 0.2) is 0 Å². The summed E-state index contributed by atoms with van der Waals surface area (Å²) in [5.74, 6) is 0. The van der Waals surface area contributed by atoms with Crippen molar-refractivity contribution in [3.63, 3.8) is 0 Å². The van der Waals surface area contributed by atoms with Crippen LogP contribution >= 0.6 is 69.6 Å². The van der Waals surface area contributed by atoms with Crippen molar-refractivity contribution in [2.45, 2.75) is 13.0 Å². The van der Waals surface area contributed by atoms with Crippen LogP contribution in [0.4, 0.5) is 11.4 Å². The van der Waals surface area contributed by atoms with Crippen LogP contribution < -0.4 is 11.5 Å². The van der Waals surface area contributed by atoms with E-state index in [1.807, 2.05) is 0 Å². The van der Waals surface area contributed by atoms with Crippen LogP contribution in [0.3, 0.4) is 0 Å². The number of rotatable bonds is 2. The molecule has 0 spiro atoms. The molecule has 124 valence electrons. The minimum atomic E-state index is -2.00. The molecule has 0 radical (unpaired) electrons. The molecule has 0 saturated heterocycles. The minimum absolute atomic E-state index is 0.444. The summed E-state index contributed by atoms with van der Waals surface area (Å²) in [6.07, 6.45) is 0. The molecule has 8 heteroatoms. The van der Waals surface area contributed by atoms with Crippen LogP contribution in [0.5, 0.6) is 0 Å². The van der Waals surface area contributed by atoms with Crippen molar-refractivity contribution in [3.8, 4) is 0 Å². The van der Waals surface area contributed by atoms with Gasteiger partial charge in [-0.1, -0.05) is 93.9 Å². The van der Waals surface area contributed by atoms with Crippen LogP contribution in [-0.4, -0.2) is 7.59 Å². The monoisotopic (exact) mass is 430 g/mol. The van der Waals surface area contributed by atoms with Gasteiger partial charge in [0.25, 0.3) is 0 Å². The number of hydrogen-bond acceptors (Lipinski definition) is 2. The number of nitrogen functional groups attached to an aromatic ring is 2. The standard InChI is InChI=1S/C15H12Cl6N2/c16-14(17,18)13(15(19,20)21,9-3-1-5-11(22)7-9)10-4-2-6-12(23)8-10/h1-8H,22-23H2. The van der Waals surface area contributed by atoms with Gasteiger partial charge in [-0.25, -0.2) is 0 Å². The van der Waals surface area contributed by atoms with Gasteiger partial charge in [-0.2, -0.15) is 0 Å². The van der Waals surface area contributed by atoms with Crippen molar-refractivity contribution in [1.82, 2.24) is 0 Å². The zero-order chi connectivity index (χ0) is 17.5. The third-order valence-electron chi connectivity index (χ3n) is 3.49. The second-order valence-electron chi connectivity index (χ2n) is 5.00. The Kier molecular flexibility index (Phi) is 5.47. The number of benzene rings is 2. The molecule has 0 aliphatic rings. The van der Waals surface area contributed by atoms with Crippen LogP contribution in [0.1, 0.15) is 11.1 Å². The van der Waals surface area contributed by atoms with Gasteiger partial charge < -0.3 is 11.5 Å². The summed E-state index contributed by atoms with van der Waals surface area (Å²) < 4.78 is -4.00. The Morgan fingerprint density at radius 3 is 1.22 bits per heavy atom. The fourth-order valence-corrected chi connectivity index (χ4v) is 5.12. The highest BCUT2D eigenvalue weighted by atomic mass is 35.6. The van der Waals surface area contributed by atoms with Crippen LogP contribution in [0.2, 0.25) is 0 Å². The lowest BCUT2D eigenvalue weighted by molar-refractivity contribution is 0.536. The van der Waals surface area contributed by atoms with Crippen molar-refractivity contribution in [1.29, 1.82) is 0 Å². The highest BCUT2D eigenvalue weighted by Crippen LogP contribution is 2.62. The Bertz CT molecular complexity index is 644. The van der Waals surface area contributed by atoms with Gasteiger partial charge in [0.05, 0.1) is 0 Å². The maximum absolute atomic E-state index is 6.31. The van der Waals surface area contributed by atoms with Gasteiger partial charge in [-0.15, -0.1) is 0 Å². The quantitative estimate of drug-likeness (QED) is 0.460. The predicted molar refractivity (Wildman–Crippen MR) is 103 cm³/mol. The molecule has 0 fully saturated rings. The van der Waals surface area contributed by atoms with E-state index in [0.717, 1.165) is 0 Å². The second-order valence-corrected chi connectivity index (χ2v) is 9.56. The molecule has 23 heavy (non-hydrogen) atoms. The van der Waals surface area contributed by atoms with Crippen LogP contribution in [0, 0.1) is 0 Å². The molecule has 0 atom stereocenters. The highest BCUT2D eigenvalue weighted by molar-refractivity contribution is 6.74. The summed E-state index contributed by atoms with van der Waals surface area (Å²) in [7, 11) is 0. The SMILES string of the molecule is Nc1cccc(C(c2cccc(N)c2)(C(Cl)(Cl)Cl)C(Cl)(Cl)Cl)c1. The first kappa shape index (κ1) is 19.1. The first-order valence-electron chi connectivity index (χ1n) is 6.35. The van der Waals surface area contributed by atoms with Crippen LogP contribution in [-0.2, 0) is 5.41 Å². The summed E-state index contributed by atoms with van der Waals surface area (Å²) in [6.45, 7) is 0. The lowest BCUT2D eigenvalue weighted by atomic mass is 9.76. The zero-order valence-electron chi connectivity index (χ0n) is 11.5. The molecular weight excluding hydrogens is 421 g/mol. The lowest BCUT2D eigenvalue weighted by Crippen LogP contribution is -2.51. The topological polar surface area (TPSA) is 52.0 Å². The van der Waals surface area contributed by atoms with E-state index in [4.69, 9.17) is 81.1 Å². The number of nitrogens with two attached hydrogens (primary N) is 2. The van der Waals surface area contributed by atoms with E-state index < -0.39 is 13.0 Å². The Hall–Kier alpha value is -0.220. The number of alkyl halides is 6. The van der Waals surface area contributed by atoms with E-state index in [0.29, 0.717) is 22.5 Å². The van der Waals surface area contributed by atoms with E-state index in [-0.39, 0.29) is 0 Å². The number of anilines is 2. The van der Waals surface area contributed by atoms with Crippen molar-refractivity contribution in [3.05, 3.63) is 59.7 Å². The predicted octanol–water partition coefficient (Wildman–Crippen LogP) is 5.88. The molecule has 2 rings (SSSR count). The molecule has 2 aromatic rings. The van der Waals surface area contributed by atoms with Crippen molar-refractivity contribution in [2.75, 3.05) is 11.5 Å². The van der Waals surface area contributed by atoms with Crippen LogP contribution in [0.15, 0.2) is 48.5 Å². The molecule has 0 bridgehead atoms. The Morgan fingerprint density at radius 1 is 0.609 bits per heavy atom. The van der Waals surface area contributed by atoms with Gasteiger partial charge in [0.1, 0.15) is 5.41 Å². The lowest BCUT2D eigenvalue weighted by Gasteiger charge is -2.45. The average molecular weight is 433 g/mol. The molecule has 0 aliphatic carbocycles. The average Bonchev–Trinajstić information content (AvgIpc) is 2.36. The van der Waals surface area contributed by atoms with Crippen molar-refractivity contribution < 1.29 is 0 Å². The third-order valence-corrected chi connectivity index (χ3v) is 5.19. The molecule has 0 aliphatic heterocycles. The summed E-state index contributed by atoms with van der Waals surface area (Å²) in [4.78, 5) is 0. The van der Waals surface area contributed by atoms with Gasteiger partial charge >= 0.3 is 0 Å². The first-order valence-corrected chi connectivity index (χ1v) is 8.62. The van der Waals surface area contributed by atoms with Gasteiger partial charge in [0.2, 0.25) is 7.59 Å². The van der Waals surface area contributed by atoms with E-state index in [1.165, 1.54) is 0 Å². The molecule has 0 heterocycles. The minimum Gasteiger partial charge on any atom is -0.399 e. The normalized spacial score (nSPS) is 13.1. The largest absolute Gasteiger partial charge is 0.399 e. The highest BCUT2D eigenvalue weighted by Gasteiger charge is 2.63. The summed E-state index contributed by atoms with van der Waals surface area (Å²) in [5, 5.41) is 0. The van der Waals surface area contributed by atoms with Gasteiger partial charge in [-0.3, -0.25) is 0 Å². The maximum atomic E-state index is 6.31. The van der Waals surface area contributed by atoms with E-state index in [1.54, 1.807) is 48.5 Å². The molecule has 2 aromatic carbocycles. The maximum Gasteiger partial charge on any atom is 0.208 e. The molecular formula is C15H12Cl6N2. The van der Waals surface area contributed by atoms with E-state index >= 15 is 0 Å². The Labute approximate surface area is 164 Å². The van der Waals surface area contributed by atoms with Crippen molar-refractivity contribution >= 4 is 81.0 Å². The molecule has 0 amide bonds.